The first kappa shape index (κ1) is 17.0. The van der Waals surface area contributed by atoms with Crippen LogP contribution in [0.4, 0.5) is 0 Å². The van der Waals surface area contributed by atoms with Crippen molar-refractivity contribution in [2.75, 3.05) is 47.9 Å². The average Bonchev–Trinajstić information content (AvgIpc) is 2.45. The molecule has 0 spiro atoms. The van der Waals surface area contributed by atoms with Gasteiger partial charge in [-0.05, 0) is 52.2 Å². The molecule has 1 aromatic rings. The van der Waals surface area contributed by atoms with E-state index in [1.807, 2.05) is 12.1 Å². The van der Waals surface area contributed by atoms with Crippen molar-refractivity contribution in [2.45, 2.75) is 18.9 Å². The third-order valence-corrected chi connectivity index (χ3v) is 3.99. The highest BCUT2D eigenvalue weighted by atomic mass is 16.5. The number of hydrogen-bond acceptors (Lipinski definition) is 4. The van der Waals surface area contributed by atoms with Gasteiger partial charge in [-0.15, -0.1) is 0 Å². The molecule has 4 nitrogen and oxygen atoms in total. The second kappa shape index (κ2) is 7.62. The summed E-state index contributed by atoms with van der Waals surface area (Å²) in [5.74, 6) is 0.893. The topological polar surface area (TPSA) is 41.7 Å². The predicted octanol–water partition coefficient (Wildman–Crippen LogP) is 1.45. The Morgan fingerprint density at radius 1 is 1.10 bits per heavy atom. The van der Waals surface area contributed by atoms with Crippen LogP contribution in [0.3, 0.4) is 0 Å². The average molecular weight is 279 g/mol. The number of rotatable bonds is 8. The standard InChI is InChI=1S/C16H29N3O/c1-16(13-17,19(4)11-10-18(2)3)12-14-6-8-15(20-5)9-7-14/h6-9H,10-13,17H2,1-5H3. The largest absolute Gasteiger partial charge is 0.497 e. The minimum atomic E-state index is -0.0232. The number of methoxy groups -OCH3 is 1. The highest BCUT2D eigenvalue weighted by Gasteiger charge is 2.27. The van der Waals surface area contributed by atoms with Crippen LogP contribution in [-0.4, -0.2) is 63.2 Å². The molecule has 0 aromatic heterocycles. The summed E-state index contributed by atoms with van der Waals surface area (Å²) < 4.78 is 5.20. The molecule has 0 amide bonds. The molecule has 0 radical (unpaired) electrons. The maximum absolute atomic E-state index is 6.04. The molecule has 0 fully saturated rings. The van der Waals surface area contributed by atoms with E-state index in [1.165, 1.54) is 5.56 Å². The Hall–Kier alpha value is -1.10. The van der Waals surface area contributed by atoms with Crippen LogP contribution in [0.1, 0.15) is 12.5 Å². The zero-order valence-corrected chi connectivity index (χ0v) is 13.5. The molecule has 114 valence electrons. The molecule has 0 bridgehead atoms. The lowest BCUT2D eigenvalue weighted by molar-refractivity contribution is 0.133. The van der Waals surface area contributed by atoms with Crippen molar-refractivity contribution >= 4 is 0 Å². The minimum absolute atomic E-state index is 0.0232. The third-order valence-electron chi connectivity index (χ3n) is 3.99. The molecule has 20 heavy (non-hydrogen) atoms. The highest BCUT2D eigenvalue weighted by Crippen LogP contribution is 2.20. The van der Waals surface area contributed by atoms with Crippen LogP contribution in [0.5, 0.6) is 5.75 Å². The molecule has 0 saturated carbocycles. The van der Waals surface area contributed by atoms with Crippen LogP contribution < -0.4 is 10.5 Å². The number of nitrogens with two attached hydrogens (primary N) is 1. The lowest BCUT2D eigenvalue weighted by atomic mass is 9.91. The van der Waals surface area contributed by atoms with E-state index < -0.39 is 0 Å². The molecule has 1 rings (SSSR count). The quantitative estimate of drug-likeness (QED) is 0.782. The smallest absolute Gasteiger partial charge is 0.118 e. The van der Waals surface area contributed by atoms with Gasteiger partial charge in [-0.3, -0.25) is 4.90 Å². The molecule has 0 aliphatic carbocycles. The first-order valence-electron chi connectivity index (χ1n) is 7.10. The summed E-state index contributed by atoms with van der Waals surface area (Å²) in [5.41, 5.74) is 7.30. The van der Waals surface area contributed by atoms with Crippen molar-refractivity contribution in [1.82, 2.24) is 9.80 Å². The number of ether oxygens (including phenoxy) is 1. The summed E-state index contributed by atoms with van der Waals surface area (Å²) in [6, 6.07) is 8.25. The van der Waals surface area contributed by atoms with Gasteiger partial charge in [0.2, 0.25) is 0 Å². The van der Waals surface area contributed by atoms with Crippen molar-refractivity contribution in [1.29, 1.82) is 0 Å². The van der Waals surface area contributed by atoms with Gasteiger partial charge >= 0.3 is 0 Å². The Balaban J connectivity index is 2.71. The Labute approximate surface area is 123 Å². The van der Waals surface area contributed by atoms with Gasteiger partial charge in [0.25, 0.3) is 0 Å². The van der Waals surface area contributed by atoms with E-state index in [-0.39, 0.29) is 5.54 Å². The highest BCUT2D eigenvalue weighted by molar-refractivity contribution is 5.28. The summed E-state index contributed by atoms with van der Waals surface area (Å²) in [6.45, 7) is 4.92. The normalized spacial score (nSPS) is 14.6. The summed E-state index contributed by atoms with van der Waals surface area (Å²) in [5, 5.41) is 0. The van der Waals surface area contributed by atoms with Gasteiger partial charge in [0, 0.05) is 25.2 Å². The van der Waals surface area contributed by atoms with Gasteiger partial charge in [-0.1, -0.05) is 12.1 Å². The maximum Gasteiger partial charge on any atom is 0.118 e. The van der Waals surface area contributed by atoms with Crippen LogP contribution in [0.25, 0.3) is 0 Å². The first-order valence-corrected chi connectivity index (χ1v) is 7.10. The SMILES string of the molecule is COc1ccc(CC(C)(CN)N(C)CCN(C)C)cc1. The fourth-order valence-corrected chi connectivity index (χ4v) is 2.17. The fraction of sp³-hybridized carbons (Fsp3) is 0.625. The second-order valence-corrected chi connectivity index (χ2v) is 5.95. The summed E-state index contributed by atoms with van der Waals surface area (Å²) >= 11 is 0. The van der Waals surface area contributed by atoms with E-state index in [2.05, 4.69) is 50.0 Å². The third kappa shape index (κ3) is 4.78. The molecule has 0 saturated heterocycles. The molecule has 1 atom stereocenters. The van der Waals surface area contributed by atoms with Gasteiger partial charge in [-0.2, -0.15) is 0 Å². The van der Waals surface area contributed by atoms with Crippen LogP contribution >= 0.6 is 0 Å². The van der Waals surface area contributed by atoms with Crippen molar-refractivity contribution < 1.29 is 4.74 Å². The van der Waals surface area contributed by atoms with E-state index in [0.717, 1.165) is 25.3 Å². The number of likely N-dealkylation sites (N-methyl/N-ethyl adjacent to an activating group) is 2. The molecule has 4 heteroatoms. The van der Waals surface area contributed by atoms with Gasteiger partial charge in [-0.25, -0.2) is 0 Å². The molecule has 0 aliphatic rings. The monoisotopic (exact) mass is 279 g/mol. The molecular formula is C16H29N3O. The van der Waals surface area contributed by atoms with Gasteiger partial charge in [0.1, 0.15) is 5.75 Å². The second-order valence-electron chi connectivity index (χ2n) is 5.95. The minimum Gasteiger partial charge on any atom is -0.497 e. The van der Waals surface area contributed by atoms with Crippen molar-refractivity contribution in [3.63, 3.8) is 0 Å². The van der Waals surface area contributed by atoms with Crippen molar-refractivity contribution in [2.24, 2.45) is 5.73 Å². The van der Waals surface area contributed by atoms with E-state index in [4.69, 9.17) is 10.5 Å². The van der Waals surface area contributed by atoms with E-state index in [1.54, 1.807) is 7.11 Å². The molecule has 1 unspecified atom stereocenters. The summed E-state index contributed by atoms with van der Waals surface area (Å²) in [6.07, 6.45) is 0.942. The van der Waals surface area contributed by atoms with E-state index in [9.17, 15) is 0 Å². The van der Waals surface area contributed by atoms with Crippen LogP contribution in [0, 0.1) is 0 Å². The number of benzene rings is 1. The lowest BCUT2D eigenvalue weighted by Gasteiger charge is -2.39. The zero-order chi connectivity index (χ0) is 15.2. The van der Waals surface area contributed by atoms with Gasteiger partial charge in [0.05, 0.1) is 7.11 Å². The van der Waals surface area contributed by atoms with Gasteiger partial charge < -0.3 is 15.4 Å². The molecule has 2 N–H and O–H groups in total. The van der Waals surface area contributed by atoms with Gasteiger partial charge in [0.15, 0.2) is 0 Å². The first-order chi connectivity index (χ1) is 9.41. The van der Waals surface area contributed by atoms with E-state index in [0.29, 0.717) is 6.54 Å². The number of hydrogen-bond donors (Lipinski definition) is 1. The summed E-state index contributed by atoms with van der Waals surface area (Å²) in [4.78, 5) is 4.55. The predicted molar refractivity (Wildman–Crippen MR) is 85.3 cm³/mol. The molecule has 0 heterocycles. The van der Waals surface area contributed by atoms with Crippen LogP contribution in [-0.2, 0) is 6.42 Å². The Morgan fingerprint density at radius 3 is 2.15 bits per heavy atom. The Kier molecular flexibility index (Phi) is 6.46. The lowest BCUT2D eigenvalue weighted by Crippen LogP contribution is -2.52. The molecule has 1 aromatic carbocycles. The van der Waals surface area contributed by atoms with Crippen LogP contribution in [0.15, 0.2) is 24.3 Å². The number of nitrogens with zero attached hydrogens (tertiary/aromatic N) is 2. The van der Waals surface area contributed by atoms with Crippen molar-refractivity contribution in [3.8, 4) is 5.75 Å². The summed E-state index contributed by atoms with van der Waals surface area (Å²) in [7, 11) is 8.03. The Bertz CT molecular complexity index is 391. The van der Waals surface area contributed by atoms with Crippen LogP contribution in [0.2, 0.25) is 0 Å². The zero-order valence-electron chi connectivity index (χ0n) is 13.5. The Morgan fingerprint density at radius 2 is 1.70 bits per heavy atom. The van der Waals surface area contributed by atoms with E-state index >= 15 is 0 Å². The van der Waals surface area contributed by atoms with Crippen molar-refractivity contribution in [3.05, 3.63) is 29.8 Å². The maximum atomic E-state index is 6.04. The molecular weight excluding hydrogens is 250 g/mol. The fourth-order valence-electron chi connectivity index (χ4n) is 2.17. The molecule has 0 aliphatic heterocycles.